The molecular formula is C17H12O5. The first-order valence-electron chi connectivity index (χ1n) is 6.57. The molecule has 2 aromatic carbocycles. The second kappa shape index (κ2) is 5.04. The fourth-order valence-corrected chi connectivity index (χ4v) is 2.65. The fourth-order valence-electron chi connectivity index (χ4n) is 2.65. The van der Waals surface area contributed by atoms with Crippen molar-refractivity contribution >= 4 is 22.9 Å². The van der Waals surface area contributed by atoms with E-state index in [1.54, 1.807) is 18.2 Å². The maximum atomic E-state index is 11.6. The number of carbonyl (C=O) groups is 2. The number of furan rings is 1. The molecule has 3 rings (SSSR count). The van der Waals surface area contributed by atoms with E-state index in [1.807, 2.05) is 6.07 Å². The van der Waals surface area contributed by atoms with Crippen molar-refractivity contribution < 1.29 is 24.2 Å². The Morgan fingerprint density at radius 2 is 1.73 bits per heavy atom. The van der Waals surface area contributed by atoms with E-state index in [-0.39, 0.29) is 16.7 Å². The zero-order valence-corrected chi connectivity index (χ0v) is 11.7. The third-order valence-corrected chi connectivity index (χ3v) is 3.68. The molecule has 3 aromatic rings. The maximum Gasteiger partial charge on any atom is 0.336 e. The molecule has 1 aromatic heterocycles. The first kappa shape index (κ1) is 13.9. The van der Waals surface area contributed by atoms with Crippen LogP contribution in [0.25, 0.3) is 22.1 Å². The molecular weight excluding hydrogens is 284 g/mol. The molecule has 2 N–H and O–H groups in total. The average molecular weight is 296 g/mol. The lowest BCUT2D eigenvalue weighted by atomic mass is 9.92. The van der Waals surface area contributed by atoms with Crippen molar-refractivity contribution in [1.29, 1.82) is 0 Å². The number of fused-ring (bicyclic) bond motifs is 1. The van der Waals surface area contributed by atoms with Crippen molar-refractivity contribution in [3.05, 3.63) is 59.4 Å². The number of benzene rings is 2. The molecule has 0 radical (unpaired) electrons. The lowest BCUT2D eigenvalue weighted by Crippen LogP contribution is -2.09. The van der Waals surface area contributed by atoms with Crippen LogP contribution < -0.4 is 0 Å². The Balaban J connectivity index is 2.36. The van der Waals surface area contributed by atoms with Crippen LogP contribution in [0.4, 0.5) is 0 Å². The first-order chi connectivity index (χ1) is 10.5. The van der Waals surface area contributed by atoms with Crippen LogP contribution in [0, 0.1) is 6.92 Å². The van der Waals surface area contributed by atoms with Gasteiger partial charge in [-0.1, -0.05) is 24.3 Å². The number of carboxylic acid groups (broad SMARTS) is 2. The summed E-state index contributed by atoms with van der Waals surface area (Å²) in [6, 6.07) is 10.1. The van der Waals surface area contributed by atoms with Crippen molar-refractivity contribution in [2.24, 2.45) is 0 Å². The highest BCUT2D eigenvalue weighted by Gasteiger charge is 2.21. The van der Waals surface area contributed by atoms with E-state index >= 15 is 0 Å². The third kappa shape index (κ3) is 2.03. The van der Waals surface area contributed by atoms with E-state index in [2.05, 4.69) is 0 Å². The van der Waals surface area contributed by atoms with Gasteiger partial charge < -0.3 is 14.6 Å². The molecule has 0 unspecified atom stereocenters. The highest BCUT2D eigenvalue weighted by atomic mass is 16.4. The second-order valence-electron chi connectivity index (χ2n) is 4.92. The van der Waals surface area contributed by atoms with Crippen LogP contribution in [0.15, 0.2) is 47.1 Å². The minimum atomic E-state index is -1.17. The molecule has 0 amide bonds. The zero-order chi connectivity index (χ0) is 15.9. The summed E-state index contributed by atoms with van der Waals surface area (Å²) < 4.78 is 5.45. The molecule has 0 fully saturated rings. The lowest BCUT2D eigenvalue weighted by Gasteiger charge is -2.12. The lowest BCUT2D eigenvalue weighted by molar-refractivity contribution is 0.0696. The average Bonchev–Trinajstić information content (AvgIpc) is 2.94. The molecule has 5 nitrogen and oxygen atoms in total. The molecule has 0 aliphatic rings. The topological polar surface area (TPSA) is 87.7 Å². The molecule has 0 aliphatic carbocycles. The van der Waals surface area contributed by atoms with E-state index in [0.29, 0.717) is 16.7 Å². The molecule has 22 heavy (non-hydrogen) atoms. The number of hydrogen-bond acceptors (Lipinski definition) is 3. The number of carboxylic acids is 2. The minimum Gasteiger partial charge on any atom is -0.478 e. The number of aromatic carboxylic acids is 2. The number of hydrogen-bond donors (Lipinski definition) is 2. The predicted molar refractivity (Wildman–Crippen MR) is 80.3 cm³/mol. The SMILES string of the molecule is Cc1c(C(=O)O)ccc(-c2cccc3ccoc23)c1C(=O)O. The van der Waals surface area contributed by atoms with Crippen molar-refractivity contribution in [3.63, 3.8) is 0 Å². The highest BCUT2D eigenvalue weighted by molar-refractivity contribution is 6.05. The van der Waals surface area contributed by atoms with Crippen LogP contribution in [0.2, 0.25) is 0 Å². The highest BCUT2D eigenvalue weighted by Crippen LogP contribution is 2.34. The van der Waals surface area contributed by atoms with Gasteiger partial charge in [-0.05, 0) is 24.6 Å². The molecule has 0 saturated carbocycles. The Bertz CT molecular complexity index is 905. The van der Waals surface area contributed by atoms with Crippen molar-refractivity contribution in [2.45, 2.75) is 6.92 Å². The quantitative estimate of drug-likeness (QED) is 0.767. The minimum absolute atomic E-state index is 0.0206. The molecule has 110 valence electrons. The fraction of sp³-hybridized carbons (Fsp3) is 0.0588. The molecule has 0 bridgehead atoms. The van der Waals surface area contributed by atoms with Gasteiger partial charge in [-0.25, -0.2) is 9.59 Å². The van der Waals surface area contributed by atoms with Crippen LogP contribution in [-0.2, 0) is 0 Å². The van der Waals surface area contributed by atoms with Gasteiger partial charge in [-0.15, -0.1) is 0 Å². The largest absolute Gasteiger partial charge is 0.478 e. The van der Waals surface area contributed by atoms with Gasteiger partial charge in [0, 0.05) is 16.5 Å². The maximum absolute atomic E-state index is 11.6. The molecule has 0 aliphatic heterocycles. The summed E-state index contributed by atoms with van der Waals surface area (Å²) in [5.74, 6) is -2.32. The first-order valence-corrected chi connectivity index (χ1v) is 6.57. The Hall–Kier alpha value is -3.08. The Morgan fingerprint density at radius 1 is 0.955 bits per heavy atom. The Kier molecular flexibility index (Phi) is 3.18. The molecule has 0 spiro atoms. The standard InChI is InChI=1S/C17H12O5/c1-9-11(16(18)19)5-6-12(14(9)17(20)21)13-4-2-3-10-7-8-22-15(10)13/h2-8H,1H3,(H,18,19)(H,20,21). The van der Waals surface area contributed by atoms with Crippen LogP contribution in [-0.4, -0.2) is 22.2 Å². The van der Waals surface area contributed by atoms with Crippen LogP contribution in [0.5, 0.6) is 0 Å². The van der Waals surface area contributed by atoms with Crippen LogP contribution in [0.3, 0.4) is 0 Å². The summed E-state index contributed by atoms with van der Waals surface area (Å²) in [4.78, 5) is 22.8. The van der Waals surface area contributed by atoms with E-state index in [1.165, 1.54) is 25.3 Å². The van der Waals surface area contributed by atoms with Gasteiger partial charge in [0.15, 0.2) is 0 Å². The molecule has 0 atom stereocenters. The van der Waals surface area contributed by atoms with E-state index in [9.17, 15) is 14.7 Å². The predicted octanol–water partition coefficient (Wildman–Crippen LogP) is 3.80. The van der Waals surface area contributed by atoms with Crippen LogP contribution in [0.1, 0.15) is 26.3 Å². The Morgan fingerprint density at radius 3 is 2.41 bits per heavy atom. The monoisotopic (exact) mass is 296 g/mol. The number of rotatable bonds is 3. The van der Waals surface area contributed by atoms with E-state index in [0.717, 1.165) is 5.39 Å². The van der Waals surface area contributed by atoms with Crippen LogP contribution >= 0.6 is 0 Å². The normalized spacial score (nSPS) is 10.8. The van der Waals surface area contributed by atoms with Gasteiger partial charge in [0.1, 0.15) is 5.58 Å². The zero-order valence-electron chi connectivity index (χ0n) is 11.7. The third-order valence-electron chi connectivity index (χ3n) is 3.68. The van der Waals surface area contributed by atoms with Crippen molar-refractivity contribution in [3.8, 4) is 11.1 Å². The summed E-state index contributed by atoms with van der Waals surface area (Å²) in [6.07, 6.45) is 1.53. The summed E-state index contributed by atoms with van der Waals surface area (Å²) in [6.45, 7) is 1.50. The van der Waals surface area contributed by atoms with Crippen molar-refractivity contribution in [2.75, 3.05) is 0 Å². The van der Waals surface area contributed by atoms with Gasteiger partial charge in [0.05, 0.1) is 17.4 Å². The summed E-state index contributed by atoms with van der Waals surface area (Å²) >= 11 is 0. The van der Waals surface area contributed by atoms with Crippen molar-refractivity contribution in [1.82, 2.24) is 0 Å². The summed E-state index contributed by atoms with van der Waals surface area (Å²) in [5, 5.41) is 19.5. The molecule has 5 heteroatoms. The number of para-hydroxylation sites is 1. The van der Waals surface area contributed by atoms with Gasteiger partial charge in [-0.2, -0.15) is 0 Å². The van der Waals surface area contributed by atoms with Gasteiger partial charge >= 0.3 is 11.9 Å². The summed E-state index contributed by atoms with van der Waals surface area (Å²) in [5.41, 5.74) is 1.82. The van der Waals surface area contributed by atoms with Gasteiger partial charge in [0.25, 0.3) is 0 Å². The summed E-state index contributed by atoms with van der Waals surface area (Å²) in [7, 11) is 0. The molecule has 1 heterocycles. The smallest absolute Gasteiger partial charge is 0.336 e. The van der Waals surface area contributed by atoms with Gasteiger partial charge in [-0.3, -0.25) is 0 Å². The second-order valence-corrected chi connectivity index (χ2v) is 4.92. The Labute approximate surface area is 125 Å². The van der Waals surface area contributed by atoms with E-state index < -0.39 is 11.9 Å². The molecule has 0 saturated heterocycles. The van der Waals surface area contributed by atoms with Gasteiger partial charge in [0.2, 0.25) is 0 Å². The van der Waals surface area contributed by atoms with E-state index in [4.69, 9.17) is 9.52 Å².